The third kappa shape index (κ3) is 5.44. The Balaban J connectivity index is 1.58. The van der Waals surface area contributed by atoms with Gasteiger partial charge in [0.25, 0.3) is 5.91 Å². The fourth-order valence-corrected chi connectivity index (χ4v) is 2.86. The maximum absolute atomic E-state index is 12.6. The van der Waals surface area contributed by atoms with E-state index in [4.69, 9.17) is 9.26 Å². The van der Waals surface area contributed by atoms with Crippen LogP contribution in [-0.2, 0) is 11.3 Å². The van der Waals surface area contributed by atoms with Crippen molar-refractivity contribution < 1.29 is 14.1 Å². The number of hydrogen-bond acceptors (Lipinski definition) is 5. The van der Waals surface area contributed by atoms with Crippen molar-refractivity contribution in [3.63, 3.8) is 0 Å². The normalized spacial score (nSPS) is 10.9. The summed E-state index contributed by atoms with van der Waals surface area (Å²) < 4.78 is 11.0. The molecular formula is C23H27N3O3. The lowest BCUT2D eigenvalue weighted by molar-refractivity contribution is -0.134. The second-order valence-corrected chi connectivity index (χ2v) is 7.30. The molecule has 2 aromatic carbocycles. The Labute approximate surface area is 171 Å². The van der Waals surface area contributed by atoms with Crippen molar-refractivity contribution in [2.45, 2.75) is 40.2 Å². The number of hydrogen-bond donors (Lipinski definition) is 0. The number of rotatable bonds is 8. The minimum atomic E-state index is -0.129. The van der Waals surface area contributed by atoms with Gasteiger partial charge in [0, 0.05) is 12.1 Å². The molecule has 0 saturated carbocycles. The molecule has 0 aliphatic heterocycles. The van der Waals surface area contributed by atoms with E-state index in [1.807, 2.05) is 62.4 Å². The molecular weight excluding hydrogens is 366 g/mol. The van der Waals surface area contributed by atoms with Crippen LogP contribution in [0.5, 0.6) is 5.75 Å². The van der Waals surface area contributed by atoms with Crippen LogP contribution in [-0.4, -0.2) is 34.1 Å². The van der Waals surface area contributed by atoms with Crippen LogP contribution in [0.25, 0.3) is 11.4 Å². The number of ether oxygens (including phenoxy) is 1. The first-order valence-corrected chi connectivity index (χ1v) is 9.86. The molecule has 29 heavy (non-hydrogen) atoms. The predicted octanol–water partition coefficient (Wildman–Crippen LogP) is 4.60. The van der Waals surface area contributed by atoms with Gasteiger partial charge in [-0.05, 0) is 37.5 Å². The molecule has 0 fully saturated rings. The SMILES string of the molecule is CCN(Cc1nc(-c2ccc(C)cc2)no1)C(=O)COc1ccc(C(C)C)cc1. The van der Waals surface area contributed by atoms with Crippen molar-refractivity contribution in [1.29, 1.82) is 0 Å². The van der Waals surface area contributed by atoms with Crippen molar-refractivity contribution in [3.8, 4) is 17.1 Å². The minimum Gasteiger partial charge on any atom is -0.484 e. The molecule has 0 N–H and O–H groups in total. The summed E-state index contributed by atoms with van der Waals surface area (Å²) in [4.78, 5) is 18.6. The molecule has 1 amide bonds. The van der Waals surface area contributed by atoms with Crippen molar-refractivity contribution in [2.75, 3.05) is 13.2 Å². The number of aromatic nitrogens is 2. The molecule has 0 aliphatic carbocycles. The van der Waals surface area contributed by atoms with Gasteiger partial charge in [-0.1, -0.05) is 61.0 Å². The largest absolute Gasteiger partial charge is 0.484 e. The summed E-state index contributed by atoms with van der Waals surface area (Å²) in [5, 5.41) is 4.02. The van der Waals surface area contributed by atoms with Crippen molar-refractivity contribution in [2.24, 2.45) is 0 Å². The Kier molecular flexibility index (Phi) is 6.65. The van der Waals surface area contributed by atoms with Crippen molar-refractivity contribution in [1.82, 2.24) is 15.0 Å². The fourth-order valence-electron chi connectivity index (χ4n) is 2.86. The minimum absolute atomic E-state index is 0.0339. The smallest absolute Gasteiger partial charge is 0.260 e. The maximum atomic E-state index is 12.6. The molecule has 3 rings (SSSR count). The first-order valence-electron chi connectivity index (χ1n) is 9.86. The number of benzene rings is 2. The zero-order chi connectivity index (χ0) is 20.8. The van der Waals surface area contributed by atoms with E-state index in [0.29, 0.717) is 29.9 Å². The monoisotopic (exact) mass is 393 g/mol. The molecule has 0 bridgehead atoms. The van der Waals surface area contributed by atoms with Gasteiger partial charge in [-0.25, -0.2) is 0 Å². The Morgan fingerprint density at radius 1 is 1.10 bits per heavy atom. The quantitative estimate of drug-likeness (QED) is 0.560. The summed E-state index contributed by atoms with van der Waals surface area (Å²) in [5.41, 5.74) is 3.28. The van der Waals surface area contributed by atoms with E-state index in [9.17, 15) is 4.79 Å². The number of carbonyl (C=O) groups is 1. The van der Waals surface area contributed by atoms with Gasteiger partial charge < -0.3 is 14.2 Å². The second kappa shape index (κ2) is 9.37. The van der Waals surface area contributed by atoms with E-state index < -0.39 is 0 Å². The van der Waals surface area contributed by atoms with Crippen LogP contribution in [0.1, 0.15) is 43.7 Å². The molecule has 0 atom stereocenters. The van der Waals surface area contributed by atoms with Crippen molar-refractivity contribution in [3.05, 3.63) is 65.5 Å². The van der Waals surface area contributed by atoms with E-state index in [2.05, 4.69) is 24.0 Å². The zero-order valence-corrected chi connectivity index (χ0v) is 17.4. The van der Waals surface area contributed by atoms with E-state index in [1.165, 1.54) is 11.1 Å². The van der Waals surface area contributed by atoms with Crippen LogP contribution in [0.3, 0.4) is 0 Å². The van der Waals surface area contributed by atoms with Crippen LogP contribution in [0.4, 0.5) is 0 Å². The lowest BCUT2D eigenvalue weighted by atomic mass is 10.0. The molecule has 0 radical (unpaired) electrons. The molecule has 0 spiro atoms. The predicted molar refractivity (Wildman–Crippen MR) is 112 cm³/mol. The summed E-state index contributed by atoms with van der Waals surface area (Å²) >= 11 is 0. The number of nitrogens with zero attached hydrogens (tertiary/aromatic N) is 3. The van der Waals surface area contributed by atoms with Crippen LogP contribution >= 0.6 is 0 Å². The summed E-state index contributed by atoms with van der Waals surface area (Å²) in [5.74, 6) is 1.93. The Bertz CT molecular complexity index is 931. The van der Waals surface area contributed by atoms with Crippen LogP contribution in [0.2, 0.25) is 0 Å². The molecule has 0 saturated heterocycles. The fraction of sp³-hybridized carbons (Fsp3) is 0.348. The van der Waals surface area contributed by atoms with Gasteiger partial charge >= 0.3 is 0 Å². The summed E-state index contributed by atoms with van der Waals surface area (Å²) in [6.07, 6.45) is 0. The van der Waals surface area contributed by atoms with Gasteiger partial charge in [-0.2, -0.15) is 4.98 Å². The third-order valence-corrected chi connectivity index (χ3v) is 4.75. The number of aryl methyl sites for hydroxylation is 1. The van der Waals surface area contributed by atoms with E-state index >= 15 is 0 Å². The van der Waals surface area contributed by atoms with Crippen molar-refractivity contribution >= 4 is 5.91 Å². The zero-order valence-electron chi connectivity index (χ0n) is 17.4. The molecule has 6 nitrogen and oxygen atoms in total. The average molecular weight is 393 g/mol. The maximum Gasteiger partial charge on any atom is 0.260 e. The average Bonchev–Trinajstić information content (AvgIpc) is 3.19. The van der Waals surface area contributed by atoms with E-state index in [0.717, 1.165) is 5.56 Å². The first-order chi connectivity index (χ1) is 14.0. The van der Waals surface area contributed by atoms with Crippen LogP contribution < -0.4 is 4.74 Å². The number of amides is 1. The molecule has 1 aromatic heterocycles. The molecule has 0 aliphatic rings. The lowest BCUT2D eigenvalue weighted by Crippen LogP contribution is -2.34. The Morgan fingerprint density at radius 2 is 1.79 bits per heavy atom. The summed E-state index contributed by atoms with van der Waals surface area (Å²) in [6.45, 7) is 8.96. The van der Waals surface area contributed by atoms with E-state index in [-0.39, 0.29) is 19.1 Å². The highest BCUT2D eigenvalue weighted by atomic mass is 16.5. The lowest BCUT2D eigenvalue weighted by Gasteiger charge is -2.19. The third-order valence-electron chi connectivity index (χ3n) is 4.75. The molecule has 1 heterocycles. The molecule has 0 unspecified atom stereocenters. The molecule has 6 heteroatoms. The van der Waals surface area contributed by atoms with Gasteiger partial charge in [-0.3, -0.25) is 4.79 Å². The summed E-state index contributed by atoms with van der Waals surface area (Å²) in [6, 6.07) is 15.7. The topological polar surface area (TPSA) is 68.5 Å². The van der Waals surface area contributed by atoms with Gasteiger partial charge in [0.05, 0.1) is 0 Å². The Morgan fingerprint density at radius 3 is 2.41 bits per heavy atom. The number of carbonyl (C=O) groups excluding carboxylic acids is 1. The van der Waals surface area contributed by atoms with Gasteiger partial charge in [0.2, 0.25) is 11.7 Å². The highest BCUT2D eigenvalue weighted by molar-refractivity contribution is 5.77. The number of likely N-dealkylation sites (N-methyl/N-ethyl adjacent to an activating group) is 1. The molecule has 152 valence electrons. The van der Waals surface area contributed by atoms with Gasteiger partial charge in [0.15, 0.2) is 6.61 Å². The van der Waals surface area contributed by atoms with Gasteiger partial charge in [-0.15, -0.1) is 0 Å². The first kappa shape index (κ1) is 20.6. The van der Waals surface area contributed by atoms with Crippen LogP contribution in [0.15, 0.2) is 53.1 Å². The highest BCUT2D eigenvalue weighted by Gasteiger charge is 2.17. The highest BCUT2D eigenvalue weighted by Crippen LogP contribution is 2.19. The molecule has 3 aromatic rings. The Hall–Kier alpha value is -3.15. The van der Waals surface area contributed by atoms with Crippen LogP contribution in [0, 0.1) is 6.92 Å². The van der Waals surface area contributed by atoms with E-state index in [1.54, 1.807) is 4.90 Å². The standard InChI is InChI=1S/C23H27N3O3/c1-5-26(22(27)15-28-20-12-10-18(11-13-20)16(2)3)14-21-24-23(25-29-21)19-8-6-17(4)7-9-19/h6-13,16H,5,14-15H2,1-4H3. The second-order valence-electron chi connectivity index (χ2n) is 7.30. The summed E-state index contributed by atoms with van der Waals surface area (Å²) in [7, 11) is 0. The van der Waals surface area contributed by atoms with Gasteiger partial charge in [0.1, 0.15) is 12.3 Å².